The molecule has 7 nitrogen and oxygen atoms in total. The van der Waals surface area contributed by atoms with Gasteiger partial charge in [0.2, 0.25) is 5.91 Å². The molecule has 2 aromatic carbocycles. The average Bonchev–Trinajstić information content (AvgIpc) is 3.56. The molecule has 7 heteroatoms. The summed E-state index contributed by atoms with van der Waals surface area (Å²) in [7, 11) is 4.96. The van der Waals surface area contributed by atoms with Crippen LogP contribution in [-0.2, 0) is 24.9 Å². The first kappa shape index (κ1) is 19.1. The minimum absolute atomic E-state index is 0.0168. The van der Waals surface area contributed by atoms with Crippen LogP contribution < -0.4 is 15.2 Å². The van der Waals surface area contributed by atoms with Gasteiger partial charge in [0.25, 0.3) is 0 Å². The van der Waals surface area contributed by atoms with Gasteiger partial charge in [0.05, 0.1) is 25.3 Å². The van der Waals surface area contributed by atoms with Crippen molar-refractivity contribution in [1.82, 2.24) is 14.0 Å². The molecule has 1 fully saturated rings. The van der Waals surface area contributed by atoms with Gasteiger partial charge in [-0.15, -0.1) is 0 Å². The fourth-order valence-corrected chi connectivity index (χ4v) is 3.74. The smallest absolute Gasteiger partial charge is 0.329 e. The number of ether oxygens (including phenoxy) is 2. The van der Waals surface area contributed by atoms with Crippen LogP contribution in [-0.4, -0.2) is 40.2 Å². The Morgan fingerprint density at radius 1 is 1.10 bits per heavy atom. The first-order valence-corrected chi connectivity index (χ1v) is 9.68. The summed E-state index contributed by atoms with van der Waals surface area (Å²) in [5.41, 5.74) is 2.28. The van der Waals surface area contributed by atoms with Gasteiger partial charge in [-0.2, -0.15) is 0 Å². The molecule has 0 N–H and O–H groups in total. The Morgan fingerprint density at radius 3 is 2.48 bits per heavy atom. The van der Waals surface area contributed by atoms with Crippen LogP contribution in [0.5, 0.6) is 11.5 Å². The minimum Gasteiger partial charge on any atom is -0.497 e. The molecule has 29 heavy (non-hydrogen) atoms. The summed E-state index contributed by atoms with van der Waals surface area (Å²) in [5.74, 6) is 1.36. The lowest BCUT2D eigenvalue weighted by atomic mass is 10.1. The summed E-state index contributed by atoms with van der Waals surface area (Å²) in [6.45, 7) is 0.437. The summed E-state index contributed by atoms with van der Waals surface area (Å²) in [4.78, 5) is 27.8. The highest BCUT2D eigenvalue weighted by atomic mass is 16.5. The van der Waals surface area contributed by atoms with Gasteiger partial charge in [0, 0.05) is 25.2 Å². The third kappa shape index (κ3) is 3.60. The van der Waals surface area contributed by atoms with E-state index in [2.05, 4.69) is 0 Å². The Kier molecular flexibility index (Phi) is 5.05. The number of carbonyl (C=O) groups excluding carboxylic acids is 1. The van der Waals surface area contributed by atoms with E-state index in [9.17, 15) is 9.59 Å². The number of benzene rings is 2. The van der Waals surface area contributed by atoms with Crippen LogP contribution in [0.2, 0.25) is 0 Å². The van der Waals surface area contributed by atoms with Crippen LogP contribution in [0.25, 0.3) is 11.0 Å². The number of aromatic nitrogens is 2. The maximum Gasteiger partial charge on any atom is 0.329 e. The van der Waals surface area contributed by atoms with Gasteiger partial charge in [-0.1, -0.05) is 12.1 Å². The van der Waals surface area contributed by atoms with Gasteiger partial charge in [-0.25, -0.2) is 4.79 Å². The fraction of sp³-hybridized carbons (Fsp3) is 0.364. The largest absolute Gasteiger partial charge is 0.497 e. The van der Waals surface area contributed by atoms with E-state index in [1.165, 1.54) is 0 Å². The van der Waals surface area contributed by atoms with Crippen molar-refractivity contribution < 1.29 is 14.3 Å². The van der Waals surface area contributed by atoms with Crippen molar-refractivity contribution in [2.24, 2.45) is 7.05 Å². The zero-order chi connectivity index (χ0) is 20.5. The molecule has 0 radical (unpaired) electrons. The third-order valence-corrected chi connectivity index (χ3v) is 5.48. The quantitative estimate of drug-likeness (QED) is 0.617. The summed E-state index contributed by atoms with van der Waals surface area (Å²) in [6.07, 6.45) is 1.95. The van der Waals surface area contributed by atoms with Crippen molar-refractivity contribution in [3.8, 4) is 11.5 Å². The number of imidazole rings is 1. The molecule has 1 aliphatic carbocycles. The SMILES string of the molecule is COc1ccc(OC)c(CN(C(=O)Cn2c(=O)n(C)c3ccccc32)C2CC2)c1. The van der Waals surface area contributed by atoms with Gasteiger partial charge in [0.15, 0.2) is 0 Å². The van der Waals surface area contributed by atoms with E-state index in [0.29, 0.717) is 18.0 Å². The third-order valence-electron chi connectivity index (χ3n) is 5.48. The van der Waals surface area contributed by atoms with E-state index >= 15 is 0 Å². The van der Waals surface area contributed by atoms with Gasteiger partial charge in [0.1, 0.15) is 18.0 Å². The molecule has 0 bridgehead atoms. The van der Waals surface area contributed by atoms with E-state index in [1.807, 2.05) is 47.4 Å². The monoisotopic (exact) mass is 395 g/mol. The fourth-order valence-electron chi connectivity index (χ4n) is 3.74. The van der Waals surface area contributed by atoms with Crippen LogP contribution in [0.1, 0.15) is 18.4 Å². The molecule has 1 heterocycles. The molecular weight excluding hydrogens is 370 g/mol. The highest BCUT2D eigenvalue weighted by Gasteiger charge is 2.33. The van der Waals surface area contributed by atoms with Crippen molar-refractivity contribution in [2.45, 2.75) is 32.0 Å². The number of nitrogens with zero attached hydrogens (tertiary/aromatic N) is 3. The standard InChI is InChI=1S/C22H25N3O4/c1-23-18-6-4-5-7-19(18)25(22(23)27)14-21(26)24(16-8-9-16)13-15-12-17(28-2)10-11-20(15)29-3/h4-7,10-12,16H,8-9,13-14H2,1-3H3. The molecule has 0 saturated heterocycles. The predicted molar refractivity (Wildman–Crippen MR) is 110 cm³/mol. The first-order chi connectivity index (χ1) is 14.0. The number of amides is 1. The first-order valence-electron chi connectivity index (χ1n) is 9.68. The Morgan fingerprint density at radius 2 is 1.83 bits per heavy atom. The Hall–Kier alpha value is -3.22. The van der Waals surface area contributed by atoms with Crippen LogP contribution >= 0.6 is 0 Å². The second kappa shape index (κ2) is 7.66. The molecule has 3 aromatic rings. The Labute approximate surface area is 169 Å². The second-order valence-corrected chi connectivity index (χ2v) is 7.35. The van der Waals surface area contributed by atoms with E-state index < -0.39 is 0 Å². The number of carbonyl (C=O) groups is 1. The highest BCUT2D eigenvalue weighted by molar-refractivity contribution is 5.81. The Balaban J connectivity index is 1.64. The second-order valence-electron chi connectivity index (χ2n) is 7.35. The summed E-state index contributed by atoms with van der Waals surface area (Å²) in [6, 6.07) is 13.3. The molecule has 0 atom stereocenters. The van der Waals surface area contributed by atoms with Crippen molar-refractivity contribution in [1.29, 1.82) is 0 Å². The normalized spacial score (nSPS) is 13.5. The average molecular weight is 395 g/mol. The minimum atomic E-state index is -0.186. The molecule has 0 unspecified atom stereocenters. The number of methoxy groups -OCH3 is 2. The molecule has 0 aliphatic heterocycles. The van der Waals surface area contributed by atoms with Crippen molar-refractivity contribution in [3.63, 3.8) is 0 Å². The molecule has 1 aromatic heterocycles. The molecule has 0 spiro atoms. The summed E-state index contributed by atoms with van der Waals surface area (Å²) in [5, 5.41) is 0. The van der Waals surface area contributed by atoms with Crippen LogP contribution in [0.4, 0.5) is 0 Å². The number of hydrogen-bond donors (Lipinski definition) is 0. The molecular formula is C22H25N3O4. The van der Waals surface area contributed by atoms with E-state index in [-0.39, 0.29) is 24.2 Å². The number of fused-ring (bicyclic) bond motifs is 1. The molecule has 152 valence electrons. The van der Waals surface area contributed by atoms with Crippen LogP contribution in [0, 0.1) is 0 Å². The maximum absolute atomic E-state index is 13.2. The Bertz CT molecular complexity index is 1110. The predicted octanol–water partition coefficient (Wildman–Crippen LogP) is 2.55. The summed E-state index contributed by atoms with van der Waals surface area (Å²) < 4.78 is 13.9. The number of aryl methyl sites for hydroxylation is 1. The lowest BCUT2D eigenvalue weighted by Gasteiger charge is -2.24. The maximum atomic E-state index is 13.2. The van der Waals surface area contributed by atoms with E-state index in [1.54, 1.807) is 30.4 Å². The van der Waals surface area contributed by atoms with Gasteiger partial charge in [-0.3, -0.25) is 13.9 Å². The number of hydrogen-bond acceptors (Lipinski definition) is 4. The highest BCUT2D eigenvalue weighted by Crippen LogP contribution is 2.32. The van der Waals surface area contributed by atoms with Crippen molar-refractivity contribution in [2.75, 3.05) is 14.2 Å². The van der Waals surface area contributed by atoms with Crippen LogP contribution in [0.15, 0.2) is 47.3 Å². The number of para-hydroxylation sites is 2. The zero-order valence-corrected chi connectivity index (χ0v) is 16.9. The van der Waals surface area contributed by atoms with Gasteiger partial charge in [-0.05, 0) is 43.2 Å². The molecule has 4 rings (SSSR count). The molecule has 1 amide bonds. The lowest BCUT2D eigenvalue weighted by molar-refractivity contribution is -0.133. The van der Waals surface area contributed by atoms with E-state index in [0.717, 1.165) is 29.4 Å². The van der Waals surface area contributed by atoms with Crippen LogP contribution in [0.3, 0.4) is 0 Å². The lowest BCUT2D eigenvalue weighted by Crippen LogP contribution is -2.37. The zero-order valence-electron chi connectivity index (χ0n) is 16.9. The van der Waals surface area contributed by atoms with Gasteiger partial charge < -0.3 is 14.4 Å². The molecule has 1 aliphatic rings. The summed E-state index contributed by atoms with van der Waals surface area (Å²) >= 11 is 0. The van der Waals surface area contributed by atoms with E-state index in [4.69, 9.17) is 9.47 Å². The van der Waals surface area contributed by atoms with Gasteiger partial charge >= 0.3 is 5.69 Å². The number of rotatable bonds is 7. The topological polar surface area (TPSA) is 65.7 Å². The molecule has 1 saturated carbocycles. The van der Waals surface area contributed by atoms with Crippen molar-refractivity contribution in [3.05, 3.63) is 58.5 Å². The van der Waals surface area contributed by atoms with Crippen molar-refractivity contribution >= 4 is 16.9 Å².